The summed E-state index contributed by atoms with van der Waals surface area (Å²) in [5.41, 5.74) is 3.45. The van der Waals surface area contributed by atoms with E-state index in [-0.39, 0.29) is 11.9 Å². The van der Waals surface area contributed by atoms with Gasteiger partial charge in [-0.2, -0.15) is 0 Å². The SMILES string of the molecule is CNC(c1ncccc1F)c1c(C)cc(C)cc1OC. The molecule has 1 N–H and O–H groups in total. The minimum Gasteiger partial charge on any atom is -0.496 e. The van der Waals surface area contributed by atoms with Gasteiger partial charge >= 0.3 is 0 Å². The molecule has 0 saturated carbocycles. The van der Waals surface area contributed by atoms with Crippen LogP contribution < -0.4 is 10.1 Å². The van der Waals surface area contributed by atoms with E-state index in [9.17, 15) is 4.39 Å². The average Bonchev–Trinajstić information content (AvgIpc) is 2.43. The molecule has 3 nitrogen and oxygen atoms in total. The van der Waals surface area contributed by atoms with Crippen LogP contribution in [0.1, 0.15) is 28.4 Å². The molecule has 0 fully saturated rings. The third-order valence-electron chi connectivity index (χ3n) is 3.35. The number of aryl methyl sites for hydroxylation is 2. The monoisotopic (exact) mass is 274 g/mol. The zero-order valence-electron chi connectivity index (χ0n) is 12.2. The molecule has 0 spiro atoms. The first-order valence-electron chi connectivity index (χ1n) is 6.51. The number of aromatic nitrogens is 1. The lowest BCUT2D eigenvalue weighted by molar-refractivity contribution is 0.403. The molecule has 106 valence electrons. The van der Waals surface area contributed by atoms with E-state index in [0.29, 0.717) is 5.69 Å². The van der Waals surface area contributed by atoms with Crippen LogP contribution in [0.15, 0.2) is 30.5 Å². The molecule has 2 rings (SSSR count). The summed E-state index contributed by atoms with van der Waals surface area (Å²) in [6.45, 7) is 4.01. The fourth-order valence-electron chi connectivity index (χ4n) is 2.51. The van der Waals surface area contributed by atoms with Crippen LogP contribution in [0.5, 0.6) is 5.75 Å². The van der Waals surface area contributed by atoms with Crippen LogP contribution >= 0.6 is 0 Å². The van der Waals surface area contributed by atoms with Crippen molar-refractivity contribution in [1.29, 1.82) is 0 Å². The van der Waals surface area contributed by atoms with Gasteiger partial charge in [-0.05, 0) is 50.2 Å². The van der Waals surface area contributed by atoms with Gasteiger partial charge in [-0.3, -0.25) is 4.98 Å². The van der Waals surface area contributed by atoms with Crippen molar-refractivity contribution in [1.82, 2.24) is 10.3 Å². The quantitative estimate of drug-likeness (QED) is 0.930. The van der Waals surface area contributed by atoms with Crippen LogP contribution in [0.3, 0.4) is 0 Å². The molecule has 1 unspecified atom stereocenters. The second-order valence-electron chi connectivity index (χ2n) is 4.79. The smallest absolute Gasteiger partial charge is 0.146 e. The molecule has 0 amide bonds. The maximum atomic E-state index is 14.0. The van der Waals surface area contributed by atoms with E-state index in [1.807, 2.05) is 19.9 Å². The number of benzene rings is 1. The zero-order valence-corrected chi connectivity index (χ0v) is 12.2. The Labute approximate surface area is 118 Å². The molecule has 0 aliphatic heterocycles. The Morgan fingerprint density at radius 3 is 2.65 bits per heavy atom. The number of ether oxygens (including phenoxy) is 1. The molecule has 1 aromatic heterocycles. The van der Waals surface area contributed by atoms with E-state index in [0.717, 1.165) is 22.4 Å². The fourth-order valence-corrected chi connectivity index (χ4v) is 2.51. The van der Waals surface area contributed by atoms with E-state index >= 15 is 0 Å². The number of hydrogen-bond acceptors (Lipinski definition) is 3. The van der Waals surface area contributed by atoms with Gasteiger partial charge in [0.15, 0.2) is 0 Å². The van der Waals surface area contributed by atoms with E-state index in [2.05, 4.69) is 16.4 Å². The van der Waals surface area contributed by atoms with Gasteiger partial charge in [0.1, 0.15) is 11.6 Å². The minimum atomic E-state index is -0.341. The Kier molecular flexibility index (Phi) is 4.35. The predicted molar refractivity (Wildman–Crippen MR) is 77.6 cm³/mol. The highest BCUT2D eigenvalue weighted by Crippen LogP contribution is 2.33. The molecule has 0 aliphatic rings. The Hall–Kier alpha value is -1.94. The summed E-state index contributed by atoms with van der Waals surface area (Å²) in [5.74, 6) is 0.417. The number of pyridine rings is 1. The lowest BCUT2D eigenvalue weighted by Gasteiger charge is -2.22. The zero-order chi connectivity index (χ0) is 14.7. The summed E-state index contributed by atoms with van der Waals surface area (Å²) in [7, 11) is 3.41. The fraction of sp³-hybridized carbons (Fsp3) is 0.312. The number of rotatable bonds is 4. The molecule has 0 saturated heterocycles. The van der Waals surface area contributed by atoms with Crippen LogP contribution in [0.4, 0.5) is 4.39 Å². The highest BCUT2D eigenvalue weighted by molar-refractivity contribution is 5.47. The van der Waals surface area contributed by atoms with Gasteiger partial charge in [0.2, 0.25) is 0 Å². The summed E-state index contributed by atoms with van der Waals surface area (Å²) in [5, 5.41) is 3.13. The molecule has 1 atom stereocenters. The Bertz CT molecular complexity index is 613. The predicted octanol–water partition coefficient (Wildman–Crippen LogP) is 3.15. The van der Waals surface area contributed by atoms with E-state index in [1.165, 1.54) is 6.07 Å². The first kappa shape index (κ1) is 14.5. The average molecular weight is 274 g/mol. The minimum absolute atomic E-state index is 0.325. The molecule has 1 aromatic carbocycles. The third-order valence-corrected chi connectivity index (χ3v) is 3.35. The van der Waals surface area contributed by atoms with Crippen molar-refractivity contribution in [2.24, 2.45) is 0 Å². The van der Waals surface area contributed by atoms with Gasteiger partial charge in [0, 0.05) is 11.8 Å². The molecular formula is C16H19FN2O. The van der Waals surface area contributed by atoms with Crippen LogP contribution in [0.2, 0.25) is 0 Å². The standard InChI is InChI=1S/C16H19FN2O/c1-10-8-11(2)14(13(9-10)20-4)16(18-3)15-12(17)6-5-7-19-15/h5-9,16,18H,1-4H3. The van der Waals surface area contributed by atoms with Gasteiger partial charge < -0.3 is 10.1 Å². The summed E-state index contributed by atoms with van der Waals surface area (Å²) >= 11 is 0. The molecule has 0 radical (unpaired) electrons. The van der Waals surface area contributed by atoms with Crippen molar-refractivity contribution in [3.05, 3.63) is 58.7 Å². The maximum Gasteiger partial charge on any atom is 0.146 e. The molecular weight excluding hydrogens is 255 g/mol. The molecule has 2 aromatic rings. The summed E-state index contributed by atoms with van der Waals surface area (Å²) < 4.78 is 19.5. The lowest BCUT2D eigenvalue weighted by atomic mass is 9.95. The van der Waals surface area contributed by atoms with Crippen molar-refractivity contribution >= 4 is 0 Å². The van der Waals surface area contributed by atoms with Crippen molar-refractivity contribution in [3.63, 3.8) is 0 Å². The van der Waals surface area contributed by atoms with Crippen LogP contribution in [-0.2, 0) is 0 Å². The lowest BCUT2D eigenvalue weighted by Crippen LogP contribution is -2.22. The first-order valence-corrected chi connectivity index (χ1v) is 6.51. The molecule has 1 heterocycles. The Balaban J connectivity index is 2.61. The number of nitrogens with zero attached hydrogens (tertiary/aromatic N) is 1. The van der Waals surface area contributed by atoms with E-state index in [1.54, 1.807) is 26.4 Å². The Morgan fingerprint density at radius 1 is 1.30 bits per heavy atom. The van der Waals surface area contributed by atoms with Gasteiger partial charge in [-0.15, -0.1) is 0 Å². The van der Waals surface area contributed by atoms with E-state index in [4.69, 9.17) is 4.74 Å². The van der Waals surface area contributed by atoms with Gasteiger partial charge in [0.25, 0.3) is 0 Å². The molecule has 20 heavy (non-hydrogen) atoms. The normalized spacial score (nSPS) is 12.2. The number of methoxy groups -OCH3 is 1. The van der Waals surface area contributed by atoms with Crippen molar-refractivity contribution in [3.8, 4) is 5.75 Å². The topological polar surface area (TPSA) is 34.2 Å². The van der Waals surface area contributed by atoms with Gasteiger partial charge in [0.05, 0.1) is 18.8 Å². The molecule has 0 aliphatic carbocycles. The highest BCUT2D eigenvalue weighted by atomic mass is 19.1. The van der Waals surface area contributed by atoms with Crippen molar-refractivity contribution < 1.29 is 9.13 Å². The van der Waals surface area contributed by atoms with Gasteiger partial charge in [-0.1, -0.05) is 6.07 Å². The summed E-state index contributed by atoms with van der Waals surface area (Å²) in [6.07, 6.45) is 1.60. The highest BCUT2D eigenvalue weighted by Gasteiger charge is 2.23. The second-order valence-corrected chi connectivity index (χ2v) is 4.79. The van der Waals surface area contributed by atoms with Crippen molar-refractivity contribution in [2.75, 3.05) is 14.2 Å². The Morgan fingerprint density at radius 2 is 2.05 bits per heavy atom. The van der Waals surface area contributed by atoms with Crippen LogP contribution in [0.25, 0.3) is 0 Å². The largest absolute Gasteiger partial charge is 0.496 e. The van der Waals surface area contributed by atoms with Crippen LogP contribution in [0, 0.1) is 19.7 Å². The summed E-state index contributed by atoms with van der Waals surface area (Å²) in [6, 6.07) is 6.68. The number of hydrogen-bond donors (Lipinski definition) is 1. The molecule has 4 heteroatoms. The van der Waals surface area contributed by atoms with Crippen LogP contribution in [-0.4, -0.2) is 19.1 Å². The number of nitrogens with one attached hydrogen (secondary N) is 1. The first-order chi connectivity index (χ1) is 9.58. The maximum absolute atomic E-state index is 14.0. The summed E-state index contributed by atoms with van der Waals surface area (Å²) in [4.78, 5) is 4.17. The second kappa shape index (κ2) is 6.01. The van der Waals surface area contributed by atoms with Gasteiger partial charge in [-0.25, -0.2) is 4.39 Å². The van der Waals surface area contributed by atoms with Crippen molar-refractivity contribution in [2.45, 2.75) is 19.9 Å². The third kappa shape index (κ3) is 2.65. The number of halogens is 1. The molecule has 0 bridgehead atoms. The van der Waals surface area contributed by atoms with E-state index < -0.39 is 0 Å².